The molecule has 0 saturated carbocycles. The number of sulfonamides is 1. The molecule has 1 aromatic rings. The fourth-order valence-corrected chi connectivity index (χ4v) is 3.71. The second-order valence-corrected chi connectivity index (χ2v) is 7.65. The Bertz CT molecular complexity index is 504. The van der Waals surface area contributed by atoms with Crippen molar-refractivity contribution in [3.8, 4) is 0 Å². The van der Waals surface area contributed by atoms with Gasteiger partial charge in [-0.2, -0.15) is 11.8 Å². The van der Waals surface area contributed by atoms with Crippen molar-refractivity contribution in [3.63, 3.8) is 0 Å². The highest BCUT2D eigenvalue weighted by molar-refractivity contribution is 7.99. The molecule has 1 unspecified atom stereocenters. The van der Waals surface area contributed by atoms with Crippen LogP contribution in [-0.2, 0) is 10.0 Å². The molecule has 0 fully saturated rings. The summed E-state index contributed by atoms with van der Waals surface area (Å²) in [5.74, 6) is 2.01. The molecule has 1 atom stereocenters. The Hall–Kier alpha value is -0.720. The molecule has 0 radical (unpaired) electrons. The zero-order valence-electron chi connectivity index (χ0n) is 12.3. The summed E-state index contributed by atoms with van der Waals surface area (Å²) in [6, 6.07) is 7.27. The van der Waals surface area contributed by atoms with E-state index in [2.05, 4.69) is 23.9 Å². The molecule has 0 aliphatic heterocycles. The van der Waals surface area contributed by atoms with E-state index in [1.54, 1.807) is 12.1 Å². The Kier molecular flexibility index (Phi) is 7.40. The SMILES string of the molecule is CCCNS(=O)(=O)c1ccccc1NC(C)CSCC. The van der Waals surface area contributed by atoms with E-state index in [0.717, 1.165) is 17.9 Å². The van der Waals surface area contributed by atoms with Crippen LogP contribution in [0.2, 0.25) is 0 Å². The summed E-state index contributed by atoms with van der Waals surface area (Å²) in [7, 11) is -3.44. The van der Waals surface area contributed by atoms with Gasteiger partial charge in [0.05, 0.1) is 5.69 Å². The number of hydrogen-bond donors (Lipinski definition) is 2. The predicted octanol–water partition coefficient (Wildman–Crippen LogP) is 2.93. The number of nitrogens with one attached hydrogen (secondary N) is 2. The molecule has 0 aliphatic rings. The largest absolute Gasteiger partial charge is 0.381 e. The van der Waals surface area contributed by atoms with Crippen molar-refractivity contribution in [1.29, 1.82) is 0 Å². The van der Waals surface area contributed by atoms with Gasteiger partial charge in [0.15, 0.2) is 0 Å². The van der Waals surface area contributed by atoms with Gasteiger partial charge in [0.2, 0.25) is 10.0 Å². The molecule has 1 aromatic carbocycles. The number of benzene rings is 1. The first-order chi connectivity index (χ1) is 9.51. The fourth-order valence-electron chi connectivity index (χ4n) is 1.74. The highest BCUT2D eigenvalue weighted by atomic mass is 32.2. The van der Waals surface area contributed by atoms with E-state index < -0.39 is 10.0 Å². The maximum atomic E-state index is 12.3. The normalized spacial score (nSPS) is 13.2. The van der Waals surface area contributed by atoms with Gasteiger partial charge in [-0.15, -0.1) is 0 Å². The van der Waals surface area contributed by atoms with Crippen LogP contribution in [0.1, 0.15) is 27.2 Å². The molecule has 0 saturated heterocycles. The van der Waals surface area contributed by atoms with Gasteiger partial charge in [0, 0.05) is 18.3 Å². The standard InChI is InChI=1S/C14H24N2O2S2/c1-4-10-15-20(17,18)14-9-7-6-8-13(14)16-12(3)11-19-5-2/h6-9,12,15-16H,4-5,10-11H2,1-3H3. The smallest absolute Gasteiger partial charge is 0.242 e. The molecule has 114 valence electrons. The quantitative estimate of drug-likeness (QED) is 0.735. The van der Waals surface area contributed by atoms with Crippen molar-refractivity contribution in [1.82, 2.24) is 4.72 Å². The van der Waals surface area contributed by atoms with Crippen molar-refractivity contribution in [2.24, 2.45) is 0 Å². The molecule has 20 heavy (non-hydrogen) atoms. The molecule has 4 nitrogen and oxygen atoms in total. The van der Waals surface area contributed by atoms with Gasteiger partial charge in [-0.05, 0) is 31.2 Å². The zero-order chi connectivity index (χ0) is 15.0. The van der Waals surface area contributed by atoms with Crippen LogP contribution in [-0.4, -0.2) is 32.5 Å². The maximum Gasteiger partial charge on any atom is 0.242 e. The van der Waals surface area contributed by atoms with E-state index in [4.69, 9.17) is 0 Å². The maximum absolute atomic E-state index is 12.3. The van der Waals surface area contributed by atoms with Crippen LogP contribution in [0.25, 0.3) is 0 Å². The summed E-state index contributed by atoms with van der Waals surface area (Å²) in [6.07, 6.45) is 0.776. The minimum atomic E-state index is -3.44. The monoisotopic (exact) mass is 316 g/mol. The van der Waals surface area contributed by atoms with Crippen LogP contribution >= 0.6 is 11.8 Å². The average Bonchev–Trinajstić information content (AvgIpc) is 2.43. The first kappa shape index (κ1) is 17.3. The third-order valence-corrected chi connectivity index (χ3v) is 5.36. The lowest BCUT2D eigenvalue weighted by atomic mass is 10.3. The summed E-state index contributed by atoms with van der Waals surface area (Å²) in [5.41, 5.74) is 0.667. The first-order valence-electron chi connectivity index (χ1n) is 6.94. The van der Waals surface area contributed by atoms with Gasteiger partial charge in [-0.3, -0.25) is 0 Å². The predicted molar refractivity (Wildman–Crippen MR) is 88.0 cm³/mol. The Morgan fingerprint density at radius 2 is 1.95 bits per heavy atom. The summed E-state index contributed by atoms with van der Waals surface area (Å²) in [6.45, 7) is 6.57. The highest BCUT2D eigenvalue weighted by Crippen LogP contribution is 2.22. The molecule has 2 N–H and O–H groups in total. The van der Waals surface area contributed by atoms with E-state index in [-0.39, 0.29) is 6.04 Å². The van der Waals surface area contributed by atoms with Crippen molar-refractivity contribution < 1.29 is 8.42 Å². The highest BCUT2D eigenvalue weighted by Gasteiger charge is 2.18. The van der Waals surface area contributed by atoms with Gasteiger partial charge in [-0.1, -0.05) is 26.0 Å². The third-order valence-electron chi connectivity index (χ3n) is 2.69. The van der Waals surface area contributed by atoms with Crippen molar-refractivity contribution in [2.45, 2.75) is 38.1 Å². The van der Waals surface area contributed by atoms with Gasteiger partial charge in [-0.25, -0.2) is 13.1 Å². The molecule has 0 bridgehead atoms. The van der Waals surface area contributed by atoms with Gasteiger partial charge >= 0.3 is 0 Å². The number of thioether (sulfide) groups is 1. The summed E-state index contributed by atoms with van der Waals surface area (Å²) in [5, 5.41) is 3.29. The van der Waals surface area contributed by atoms with E-state index in [0.29, 0.717) is 17.1 Å². The van der Waals surface area contributed by atoms with Crippen LogP contribution in [0, 0.1) is 0 Å². The van der Waals surface area contributed by atoms with E-state index in [1.165, 1.54) is 0 Å². The van der Waals surface area contributed by atoms with Crippen molar-refractivity contribution in [3.05, 3.63) is 24.3 Å². The molecule has 0 amide bonds. The van der Waals surface area contributed by atoms with E-state index >= 15 is 0 Å². The second-order valence-electron chi connectivity index (χ2n) is 4.60. The minimum Gasteiger partial charge on any atom is -0.381 e. The van der Waals surface area contributed by atoms with E-state index in [1.807, 2.05) is 30.8 Å². The van der Waals surface area contributed by atoms with Crippen LogP contribution in [0.4, 0.5) is 5.69 Å². The van der Waals surface area contributed by atoms with Crippen LogP contribution < -0.4 is 10.0 Å². The van der Waals surface area contributed by atoms with Gasteiger partial charge in [0.25, 0.3) is 0 Å². The molecule has 0 heterocycles. The van der Waals surface area contributed by atoms with Crippen LogP contribution in [0.15, 0.2) is 29.2 Å². The van der Waals surface area contributed by atoms with Crippen molar-refractivity contribution in [2.75, 3.05) is 23.4 Å². The average molecular weight is 316 g/mol. The van der Waals surface area contributed by atoms with Crippen LogP contribution in [0.3, 0.4) is 0 Å². The summed E-state index contributed by atoms with van der Waals surface area (Å²) < 4.78 is 27.1. The van der Waals surface area contributed by atoms with E-state index in [9.17, 15) is 8.42 Å². The first-order valence-corrected chi connectivity index (χ1v) is 9.58. The molecule has 0 aromatic heterocycles. The lowest BCUT2D eigenvalue weighted by Crippen LogP contribution is -2.26. The number of anilines is 1. The molecule has 0 spiro atoms. The minimum absolute atomic E-state index is 0.225. The second kappa shape index (κ2) is 8.54. The number of para-hydroxylation sites is 1. The van der Waals surface area contributed by atoms with Crippen LogP contribution in [0.5, 0.6) is 0 Å². The molecular formula is C14H24N2O2S2. The number of rotatable bonds is 9. The molecule has 1 rings (SSSR count). The lowest BCUT2D eigenvalue weighted by Gasteiger charge is -2.18. The topological polar surface area (TPSA) is 58.2 Å². The zero-order valence-corrected chi connectivity index (χ0v) is 14.0. The Balaban J connectivity index is 2.88. The lowest BCUT2D eigenvalue weighted by molar-refractivity contribution is 0.581. The van der Waals surface area contributed by atoms with Gasteiger partial charge in [0.1, 0.15) is 4.90 Å². The van der Waals surface area contributed by atoms with Crippen molar-refractivity contribution >= 4 is 27.5 Å². The fraction of sp³-hybridized carbons (Fsp3) is 0.571. The summed E-state index contributed by atoms with van der Waals surface area (Å²) >= 11 is 1.84. The Labute approximate surface area is 126 Å². The Morgan fingerprint density at radius 3 is 2.60 bits per heavy atom. The summed E-state index contributed by atoms with van der Waals surface area (Å²) in [4.78, 5) is 0.321. The third kappa shape index (κ3) is 5.34. The molecular weight excluding hydrogens is 292 g/mol. The van der Waals surface area contributed by atoms with Gasteiger partial charge < -0.3 is 5.32 Å². The number of hydrogen-bond acceptors (Lipinski definition) is 4. The Morgan fingerprint density at radius 1 is 1.25 bits per heavy atom. The molecule has 0 aliphatic carbocycles. The molecule has 6 heteroatoms.